The highest BCUT2D eigenvalue weighted by Crippen LogP contribution is 2.34. The number of rotatable bonds is 8. The van der Waals surface area contributed by atoms with Crippen molar-refractivity contribution >= 4 is 44.9 Å². The summed E-state index contributed by atoms with van der Waals surface area (Å²) in [4.78, 5) is 29.1. The van der Waals surface area contributed by atoms with Crippen LogP contribution in [0.25, 0.3) is 0 Å². The predicted molar refractivity (Wildman–Crippen MR) is 193 cm³/mol. The highest BCUT2D eigenvalue weighted by atomic mass is 35.5. The van der Waals surface area contributed by atoms with Gasteiger partial charge in [-0.15, -0.1) is 0 Å². The molecule has 13 nitrogen and oxygen atoms in total. The summed E-state index contributed by atoms with van der Waals surface area (Å²) in [6.45, 7) is 5.88. The van der Waals surface area contributed by atoms with Gasteiger partial charge in [0.2, 0.25) is 16.8 Å². The van der Waals surface area contributed by atoms with Gasteiger partial charge in [0.1, 0.15) is 5.75 Å². The zero-order chi connectivity index (χ0) is 36.7. The molecule has 2 aliphatic rings. The predicted octanol–water partition coefficient (Wildman–Crippen LogP) is 5.83. The van der Waals surface area contributed by atoms with Crippen molar-refractivity contribution in [2.24, 2.45) is 5.92 Å². The van der Waals surface area contributed by atoms with Gasteiger partial charge in [-0.3, -0.25) is 4.79 Å². The summed E-state index contributed by atoms with van der Waals surface area (Å²) in [6.07, 6.45) is 1.34. The van der Waals surface area contributed by atoms with Crippen LogP contribution in [0, 0.1) is 5.92 Å². The van der Waals surface area contributed by atoms with Gasteiger partial charge < -0.3 is 39.6 Å². The molecule has 0 saturated carbocycles. The number of urea groups is 1. The molecule has 0 unspecified atom stereocenters. The van der Waals surface area contributed by atoms with Crippen molar-refractivity contribution in [1.29, 1.82) is 0 Å². The Morgan fingerprint density at radius 2 is 1.67 bits per heavy atom. The second kappa shape index (κ2) is 17.0. The fourth-order valence-electron chi connectivity index (χ4n) is 5.87. The van der Waals surface area contributed by atoms with E-state index in [-0.39, 0.29) is 49.0 Å². The molecule has 3 aromatic carbocycles. The minimum absolute atomic E-state index is 0.0321. The Bertz CT molecular complexity index is 1790. The quantitative estimate of drug-likeness (QED) is 0.258. The number of nitrogens with one attached hydrogen (secondary N) is 2. The standard InChI is InChI=1S/C36H45ClN4O9S/c1-23-19-41(24(2)21-42)35(43)30-17-27(38-36(44)39-28-11-15-32-33(18-28)49-22-48-32)10-14-31(30)50-25(3)7-5-6-16-47-34(23)20-40(4)51(45,46)29-12-8-26(37)9-13-29/h8-15,17-18,23-25,34,42H,5-7,16,19-22H2,1-4H3,(H2,38,39,44)/t23-,24+,25-,34-/m0/s1. The second-order valence-corrected chi connectivity index (χ2v) is 15.4. The van der Waals surface area contributed by atoms with Gasteiger partial charge >= 0.3 is 6.03 Å². The Hall–Kier alpha value is -4.08. The number of ether oxygens (including phenoxy) is 4. The lowest BCUT2D eigenvalue weighted by Crippen LogP contribution is -2.48. The van der Waals surface area contributed by atoms with Crippen LogP contribution in [0.2, 0.25) is 5.02 Å². The summed E-state index contributed by atoms with van der Waals surface area (Å²) in [5.41, 5.74) is 1.04. The van der Waals surface area contributed by atoms with Crippen LogP contribution < -0.4 is 24.8 Å². The third-order valence-corrected chi connectivity index (χ3v) is 11.0. The number of sulfonamides is 1. The fourth-order valence-corrected chi connectivity index (χ4v) is 7.18. The fraction of sp³-hybridized carbons (Fsp3) is 0.444. The summed E-state index contributed by atoms with van der Waals surface area (Å²) < 4.78 is 51.5. The molecular formula is C36H45ClN4O9S. The molecule has 0 bridgehead atoms. The topological polar surface area (TPSA) is 156 Å². The molecule has 2 aliphatic heterocycles. The van der Waals surface area contributed by atoms with Crippen molar-refractivity contribution in [2.45, 2.75) is 63.2 Å². The van der Waals surface area contributed by atoms with Crippen molar-refractivity contribution < 1.29 is 42.1 Å². The first-order valence-electron chi connectivity index (χ1n) is 16.9. The first-order chi connectivity index (χ1) is 24.3. The van der Waals surface area contributed by atoms with Gasteiger partial charge in [-0.1, -0.05) is 18.5 Å². The number of hydrogen-bond acceptors (Lipinski definition) is 9. The van der Waals surface area contributed by atoms with E-state index in [1.165, 1.54) is 40.5 Å². The van der Waals surface area contributed by atoms with E-state index in [0.717, 1.165) is 6.42 Å². The first-order valence-corrected chi connectivity index (χ1v) is 18.7. The second-order valence-electron chi connectivity index (χ2n) is 12.9. The third-order valence-electron chi connectivity index (χ3n) is 8.90. The van der Waals surface area contributed by atoms with Crippen LogP contribution in [-0.2, 0) is 14.8 Å². The van der Waals surface area contributed by atoms with Crippen LogP contribution in [0.5, 0.6) is 17.2 Å². The largest absolute Gasteiger partial charge is 0.490 e. The van der Waals surface area contributed by atoms with E-state index < -0.39 is 34.1 Å². The number of halogens is 1. The molecule has 0 saturated heterocycles. The summed E-state index contributed by atoms with van der Waals surface area (Å²) in [5.74, 6) is 0.666. The monoisotopic (exact) mass is 744 g/mol. The van der Waals surface area contributed by atoms with E-state index in [1.54, 1.807) is 43.3 Å². The number of anilines is 2. The van der Waals surface area contributed by atoms with Gasteiger partial charge in [0, 0.05) is 55.1 Å². The minimum Gasteiger partial charge on any atom is -0.490 e. The van der Waals surface area contributed by atoms with E-state index in [4.69, 9.17) is 30.5 Å². The normalized spacial score (nSPS) is 20.6. The van der Waals surface area contributed by atoms with Crippen molar-refractivity contribution in [2.75, 3.05) is 50.8 Å². The van der Waals surface area contributed by atoms with Crippen molar-refractivity contribution in [1.82, 2.24) is 9.21 Å². The molecule has 15 heteroatoms. The van der Waals surface area contributed by atoms with Crippen LogP contribution in [-0.4, -0.2) is 93.1 Å². The zero-order valence-corrected chi connectivity index (χ0v) is 30.7. The van der Waals surface area contributed by atoms with Gasteiger partial charge in [-0.25, -0.2) is 13.2 Å². The number of carbonyl (C=O) groups is 2. The molecule has 3 aromatic rings. The molecule has 0 aliphatic carbocycles. The van der Waals surface area contributed by atoms with E-state index in [1.807, 2.05) is 13.8 Å². The Morgan fingerprint density at radius 3 is 2.37 bits per heavy atom. The summed E-state index contributed by atoms with van der Waals surface area (Å²) in [6, 6.07) is 14.7. The smallest absolute Gasteiger partial charge is 0.323 e. The average molecular weight is 745 g/mol. The molecule has 2 heterocycles. The zero-order valence-electron chi connectivity index (χ0n) is 29.1. The van der Waals surface area contributed by atoms with Crippen LogP contribution in [0.3, 0.4) is 0 Å². The van der Waals surface area contributed by atoms with Gasteiger partial charge in [0.25, 0.3) is 5.91 Å². The maximum atomic E-state index is 14.4. The molecule has 4 atom stereocenters. The highest BCUT2D eigenvalue weighted by Gasteiger charge is 2.32. The Morgan fingerprint density at radius 1 is 1.00 bits per heavy atom. The number of benzene rings is 3. The maximum absolute atomic E-state index is 14.4. The molecule has 51 heavy (non-hydrogen) atoms. The molecular weight excluding hydrogens is 700 g/mol. The van der Waals surface area contributed by atoms with Crippen molar-refractivity contribution in [3.8, 4) is 17.2 Å². The van der Waals surface area contributed by atoms with Crippen molar-refractivity contribution in [3.63, 3.8) is 0 Å². The molecule has 5 rings (SSSR count). The van der Waals surface area contributed by atoms with E-state index in [9.17, 15) is 23.1 Å². The highest BCUT2D eigenvalue weighted by molar-refractivity contribution is 7.89. The minimum atomic E-state index is -3.86. The SMILES string of the molecule is C[C@H](CO)N1C[C@H](C)[C@H](CN(C)S(=O)(=O)c2ccc(Cl)cc2)OCCCC[C@H](C)Oc2ccc(NC(=O)Nc3ccc4c(c3)OCO4)cc2C1=O. The van der Waals surface area contributed by atoms with Crippen LogP contribution in [0.4, 0.5) is 16.2 Å². The Balaban J connectivity index is 1.39. The van der Waals surface area contributed by atoms with Gasteiger partial charge in [-0.2, -0.15) is 4.31 Å². The number of fused-ring (bicyclic) bond motifs is 2. The number of likely N-dealkylation sites (N-methyl/N-ethyl adjacent to an activating group) is 1. The number of nitrogens with zero attached hydrogens (tertiary/aromatic N) is 2. The number of aliphatic hydroxyl groups excluding tert-OH is 1. The molecule has 3 amide bonds. The lowest BCUT2D eigenvalue weighted by molar-refractivity contribution is -0.00833. The number of carbonyl (C=O) groups excluding carboxylic acids is 2. The van der Waals surface area contributed by atoms with E-state index in [2.05, 4.69) is 10.6 Å². The van der Waals surface area contributed by atoms with Gasteiger partial charge in [-0.05, 0) is 87.7 Å². The lowest BCUT2D eigenvalue weighted by atomic mass is 10.0. The maximum Gasteiger partial charge on any atom is 0.323 e. The lowest BCUT2D eigenvalue weighted by Gasteiger charge is -2.35. The van der Waals surface area contributed by atoms with Crippen molar-refractivity contribution in [3.05, 3.63) is 71.2 Å². The molecule has 0 fully saturated rings. The van der Waals surface area contributed by atoms with Gasteiger partial charge in [0.05, 0.1) is 35.3 Å². The summed E-state index contributed by atoms with van der Waals surface area (Å²) >= 11 is 5.99. The summed E-state index contributed by atoms with van der Waals surface area (Å²) in [7, 11) is -2.37. The molecule has 276 valence electrons. The van der Waals surface area contributed by atoms with E-state index >= 15 is 0 Å². The molecule has 3 N–H and O–H groups in total. The number of amides is 3. The number of aliphatic hydroxyl groups is 1. The van der Waals surface area contributed by atoms with Crippen LogP contribution in [0.15, 0.2) is 65.6 Å². The van der Waals surface area contributed by atoms with Crippen LogP contribution in [0.1, 0.15) is 50.4 Å². The number of hydrogen-bond donors (Lipinski definition) is 3. The van der Waals surface area contributed by atoms with Crippen LogP contribution >= 0.6 is 11.6 Å². The van der Waals surface area contributed by atoms with Gasteiger partial charge in [0.15, 0.2) is 11.5 Å². The first kappa shape index (κ1) is 38.2. The molecule has 0 radical (unpaired) electrons. The Labute approximate surface area is 303 Å². The Kier molecular flexibility index (Phi) is 12.7. The molecule has 0 spiro atoms. The molecule has 0 aromatic heterocycles. The summed E-state index contributed by atoms with van der Waals surface area (Å²) in [5, 5.41) is 16.2. The third kappa shape index (κ3) is 9.63. The van der Waals surface area contributed by atoms with E-state index in [0.29, 0.717) is 53.1 Å². The average Bonchev–Trinajstić information content (AvgIpc) is 3.57.